The van der Waals surface area contributed by atoms with Crippen LogP contribution in [0.4, 0.5) is 0 Å². The van der Waals surface area contributed by atoms with E-state index in [1.54, 1.807) is 0 Å². The molecular formula is C6H7IN2O3S. The quantitative estimate of drug-likeness (QED) is 0.459. The van der Waals surface area contributed by atoms with E-state index in [0.29, 0.717) is 0 Å². The van der Waals surface area contributed by atoms with Gasteiger partial charge in [-0.05, 0) is 0 Å². The summed E-state index contributed by atoms with van der Waals surface area (Å²) in [5.41, 5.74) is 0.287. The van der Waals surface area contributed by atoms with E-state index < -0.39 is 7.01 Å². The van der Waals surface area contributed by atoms with Gasteiger partial charge in [-0.15, -0.1) is 0 Å². The molecule has 0 bridgehead atoms. The molecule has 0 unspecified atom stereocenters. The molecule has 0 N–H and O–H groups in total. The van der Waals surface area contributed by atoms with E-state index in [0.717, 1.165) is 0 Å². The second kappa shape index (κ2) is 3.37. The van der Waals surface area contributed by atoms with Gasteiger partial charge in [-0.2, -0.15) is 0 Å². The van der Waals surface area contributed by atoms with Crippen molar-refractivity contribution in [3.05, 3.63) is 11.9 Å². The van der Waals surface area contributed by atoms with E-state index in [2.05, 4.69) is 4.98 Å². The number of halogens is 1. The van der Waals surface area contributed by atoms with Crippen molar-refractivity contribution >= 4 is 34.0 Å². The number of aromatic nitrogens is 2. The smallest absolute Gasteiger partial charge is 0.264 e. The molecule has 1 aromatic heterocycles. The minimum absolute atomic E-state index is 0.0988. The van der Waals surface area contributed by atoms with Gasteiger partial charge in [0.1, 0.15) is 5.69 Å². The Bertz CT molecular complexity index is 448. The Morgan fingerprint density at radius 3 is 2.38 bits per heavy atom. The molecular weight excluding hydrogens is 307 g/mol. The molecule has 1 rings (SSSR count). The summed E-state index contributed by atoms with van der Waals surface area (Å²) >= 11 is 1.28. The summed E-state index contributed by atoms with van der Waals surface area (Å²) in [7, 11) is -1.88. The number of nitrogens with zero attached hydrogens (tertiary/aromatic N) is 2. The molecule has 0 spiro atoms. The summed E-state index contributed by atoms with van der Waals surface area (Å²) in [5, 5.41) is -0.0988. The maximum Gasteiger partial charge on any atom is 0.264 e. The number of imidazole rings is 1. The van der Waals surface area contributed by atoms with E-state index in [9.17, 15) is 13.2 Å². The number of rotatable bonds is 2. The van der Waals surface area contributed by atoms with Crippen LogP contribution in [0.2, 0.25) is 0 Å². The fraction of sp³-hybridized carbons (Fsp3) is 0.333. The lowest BCUT2D eigenvalue weighted by molar-refractivity contribution is 0.100. The zero-order chi connectivity index (χ0) is 10.2. The molecule has 0 aliphatic heterocycles. The van der Waals surface area contributed by atoms with Gasteiger partial charge in [0, 0.05) is 14.0 Å². The highest BCUT2D eigenvalue weighted by molar-refractivity contribution is 14.2. The average molecular weight is 314 g/mol. The lowest BCUT2D eigenvalue weighted by atomic mass is 10.3. The van der Waals surface area contributed by atoms with Crippen LogP contribution in [0.3, 0.4) is 0 Å². The van der Waals surface area contributed by atoms with Gasteiger partial charge in [-0.25, -0.2) is 13.4 Å². The lowest BCUT2D eigenvalue weighted by Gasteiger charge is -1.99. The molecule has 1 heterocycles. The Morgan fingerprint density at radius 1 is 1.62 bits per heavy atom. The minimum Gasteiger partial charge on any atom is -0.315 e. The van der Waals surface area contributed by atoms with Crippen LogP contribution in [0.15, 0.2) is 11.4 Å². The molecule has 5 nitrogen and oxygen atoms in total. The predicted octanol–water partition coefficient (Wildman–Crippen LogP) is 0.746. The molecule has 0 radical (unpaired) electrons. The molecule has 0 aliphatic carbocycles. The molecule has 72 valence electrons. The second-order valence-electron chi connectivity index (χ2n) is 2.48. The molecule has 13 heavy (non-hydrogen) atoms. The number of hydrogen-bond acceptors (Lipinski definition) is 4. The van der Waals surface area contributed by atoms with Gasteiger partial charge in [-0.1, -0.05) is 0 Å². The molecule has 1 aromatic rings. The van der Waals surface area contributed by atoms with Crippen molar-refractivity contribution in [1.29, 1.82) is 0 Å². The first kappa shape index (κ1) is 10.6. The molecule has 0 saturated heterocycles. The summed E-state index contributed by atoms with van der Waals surface area (Å²) in [6.07, 6.45) is 1.26. The first-order valence-corrected chi connectivity index (χ1v) is 7.34. The van der Waals surface area contributed by atoms with Crippen molar-refractivity contribution in [1.82, 2.24) is 9.55 Å². The van der Waals surface area contributed by atoms with Crippen molar-refractivity contribution in [2.45, 2.75) is 12.1 Å². The van der Waals surface area contributed by atoms with Crippen LogP contribution >= 0.6 is 21.2 Å². The summed E-state index contributed by atoms with van der Waals surface area (Å²) in [4.78, 5) is 14.6. The van der Waals surface area contributed by atoms with Gasteiger partial charge in [0.25, 0.3) is 7.01 Å². The zero-order valence-electron chi connectivity index (χ0n) is 6.98. The van der Waals surface area contributed by atoms with Gasteiger partial charge in [0.05, 0.1) is 27.4 Å². The first-order chi connectivity index (χ1) is 5.84. The normalized spacial score (nSPS) is 11.6. The third-order valence-electron chi connectivity index (χ3n) is 1.52. The fourth-order valence-corrected chi connectivity index (χ4v) is 2.78. The van der Waals surface area contributed by atoms with Gasteiger partial charge in [0.15, 0.2) is 5.78 Å². The minimum atomic E-state index is -3.38. The van der Waals surface area contributed by atoms with Gasteiger partial charge in [-0.3, -0.25) is 4.79 Å². The Balaban J connectivity index is 3.39. The van der Waals surface area contributed by atoms with Gasteiger partial charge in [0.2, 0.25) is 5.16 Å². The standard InChI is InChI=1S/C6H7IN2O3S/c1-4(10)5-3-8-6(9(5)2)13(7,11)12/h3H,1-2H3. The zero-order valence-corrected chi connectivity index (χ0v) is 9.96. The number of hydrogen-bond donors (Lipinski definition) is 0. The first-order valence-electron chi connectivity index (χ1n) is 3.31. The number of Topliss-reactive ketones (excluding diaryl/α,β-unsaturated/α-hetero) is 1. The van der Waals surface area contributed by atoms with Crippen molar-refractivity contribution in [3.63, 3.8) is 0 Å². The van der Waals surface area contributed by atoms with E-state index in [1.165, 1.54) is 45.9 Å². The van der Waals surface area contributed by atoms with Crippen LogP contribution in [0, 0.1) is 0 Å². The van der Waals surface area contributed by atoms with Gasteiger partial charge < -0.3 is 4.57 Å². The highest BCUT2D eigenvalue weighted by Gasteiger charge is 2.19. The highest BCUT2D eigenvalue weighted by atomic mass is 127. The van der Waals surface area contributed by atoms with E-state index >= 15 is 0 Å². The lowest BCUT2D eigenvalue weighted by Crippen LogP contribution is -2.06. The van der Waals surface area contributed by atoms with Crippen LogP contribution in [0.5, 0.6) is 0 Å². The molecule has 0 fully saturated rings. The third-order valence-corrected chi connectivity index (χ3v) is 3.52. The Labute approximate surface area is 87.7 Å². The molecule has 7 heteroatoms. The van der Waals surface area contributed by atoms with Crippen LogP contribution in [0.1, 0.15) is 17.4 Å². The summed E-state index contributed by atoms with van der Waals surface area (Å²) in [5.74, 6) is -0.207. The van der Waals surface area contributed by atoms with E-state index in [-0.39, 0.29) is 16.6 Å². The Hall–Kier alpha value is -0.440. The van der Waals surface area contributed by atoms with Crippen molar-refractivity contribution in [3.8, 4) is 0 Å². The van der Waals surface area contributed by atoms with E-state index in [4.69, 9.17) is 0 Å². The van der Waals surface area contributed by atoms with Crippen molar-refractivity contribution < 1.29 is 13.2 Å². The third kappa shape index (κ3) is 2.08. The number of carbonyl (C=O) groups excluding carboxylic acids is 1. The van der Waals surface area contributed by atoms with Crippen LogP contribution < -0.4 is 0 Å². The molecule has 0 atom stereocenters. The molecule has 0 amide bonds. The number of carbonyl (C=O) groups is 1. The van der Waals surface area contributed by atoms with Crippen molar-refractivity contribution in [2.75, 3.05) is 0 Å². The molecule has 0 aliphatic rings. The number of ketones is 1. The second-order valence-corrected chi connectivity index (χ2v) is 7.20. The highest BCUT2D eigenvalue weighted by Crippen LogP contribution is 2.16. The Morgan fingerprint density at radius 2 is 2.15 bits per heavy atom. The topological polar surface area (TPSA) is 69.0 Å². The van der Waals surface area contributed by atoms with E-state index in [1.807, 2.05) is 0 Å². The fourth-order valence-electron chi connectivity index (χ4n) is 0.946. The maximum atomic E-state index is 11.1. The van der Waals surface area contributed by atoms with Crippen molar-refractivity contribution in [2.24, 2.45) is 7.05 Å². The molecule has 0 aromatic carbocycles. The van der Waals surface area contributed by atoms with Crippen LogP contribution in [0.25, 0.3) is 0 Å². The largest absolute Gasteiger partial charge is 0.315 e. The molecule has 0 saturated carbocycles. The maximum absolute atomic E-state index is 11.1. The summed E-state index contributed by atoms with van der Waals surface area (Å²) < 4.78 is 23.4. The summed E-state index contributed by atoms with van der Waals surface area (Å²) in [6.45, 7) is 1.36. The van der Waals surface area contributed by atoms with Gasteiger partial charge >= 0.3 is 0 Å². The predicted molar refractivity (Wildman–Crippen MR) is 54.4 cm³/mol. The van der Waals surface area contributed by atoms with Crippen LogP contribution in [-0.2, 0) is 14.1 Å². The monoisotopic (exact) mass is 314 g/mol. The summed E-state index contributed by atoms with van der Waals surface area (Å²) in [6, 6.07) is 0. The average Bonchev–Trinajstić information content (AvgIpc) is 2.28. The SMILES string of the molecule is CC(=O)c1cnc(S(=O)(=O)I)n1C. The Kier molecular flexibility index (Phi) is 2.76. The van der Waals surface area contributed by atoms with Crippen LogP contribution in [-0.4, -0.2) is 23.8 Å².